The molecule has 3 rings (SSSR count). The molecule has 1 aliphatic heterocycles. The van der Waals surface area contributed by atoms with Crippen LogP contribution < -0.4 is 9.47 Å². The summed E-state index contributed by atoms with van der Waals surface area (Å²) in [6.45, 7) is 0. The maximum atomic E-state index is 12.7. The Morgan fingerprint density at radius 2 is 1.96 bits per heavy atom. The minimum Gasteiger partial charge on any atom is -0.482 e. The molecule has 0 aromatic heterocycles. The number of hydrogen-bond acceptors (Lipinski definition) is 5. The Kier molecular flexibility index (Phi) is 5.71. The summed E-state index contributed by atoms with van der Waals surface area (Å²) in [4.78, 5) is 10.6. The predicted octanol–water partition coefficient (Wildman–Crippen LogP) is 5.94. The van der Waals surface area contributed by atoms with E-state index in [1.54, 1.807) is 11.8 Å². The van der Waals surface area contributed by atoms with Gasteiger partial charge in [-0.2, -0.15) is 24.9 Å². The molecule has 1 atom stereocenters. The van der Waals surface area contributed by atoms with Crippen LogP contribution in [0.1, 0.15) is 12.0 Å². The summed E-state index contributed by atoms with van der Waals surface area (Å²) in [5.74, 6) is 1.86. The third-order valence-corrected chi connectivity index (χ3v) is 5.22. The van der Waals surface area contributed by atoms with Gasteiger partial charge in [-0.15, -0.1) is 0 Å². The molecule has 1 heterocycles. The molecule has 1 saturated heterocycles. The molecule has 0 amide bonds. The first-order valence-corrected chi connectivity index (χ1v) is 9.35. The van der Waals surface area contributed by atoms with Gasteiger partial charge in [-0.3, -0.25) is 10.1 Å². The lowest BCUT2D eigenvalue weighted by atomic mass is 10.2. The van der Waals surface area contributed by atoms with E-state index in [9.17, 15) is 23.3 Å². The van der Waals surface area contributed by atoms with Gasteiger partial charge in [0.05, 0.1) is 15.5 Å². The van der Waals surface area contributed by atoms with Crippen molar-refractivity contribution in [3.05, 3.63) is 57.1 Å². The Bertz CT molecular complexity index is 857. The van der Waals surface area contributed by atoms with Gasteiger partial charge in [-0.1, -0.05) is 11.6 Å². The van der Waals surface area contributed by atoms with Crippen LogP contribution >= 0.6 is 23.4 Å². The minimum atomic E-state index is -4.52. The fourth-order valence-corrected chi connectivity index (χ4v) is 3.79. The van der Waals surface area contributed by atoms with Crippen molar-refractivity contribution < 1.29 is 27.6 Å². The van der Waals surface area contributed by atoms with Gasteiger partial charge >= 0.3 is 11.9 Å². The Labute approximate surface area is 161 Å². The first-order chi connectivity index (χ1) is 12.7. The molecular weight excluding hydrogens is 407 g/mol. The number of ether oxygens (including phenoxy) is 2. The lowest BCUT2D eigenvalue weighted by Gasteiger charge is -2.15. The molecule has 1 aliphatic rings. The standard InChI is InChI=1S/C17H13ClF3NO4S/c18-13-7-10(17(19,20)21)1-4-15(13)25-11-2-3-14(22(23)24)16(8-11)26-12-5-6-27-9-12/h1-4,7-8,12H,5-6,9H2. The monoisotopic (exact) mass is 419 g/mol. The highest BCUT2D eigenvalue weighted by Gasteiger charge is 2.31. The third kappa shape index (κ3) is 4.78. The fourth-order valence-electron chi connectivity index (χ4n) is 2.48. The van der Waals surface area contributed by atoms with Gasteiger partial charge in [0.1, 0.15) is 17.6 Å². The van der Waals surface area contributed by atoms with Crippen molar-refractivity contribution in [3.63, 3.8) is 0 Å². The second-order valence-corrected chi connectivity index (χ2v) is 7.29. The molecule has 10 heteroatoms. The quantitative estimate of drug-likeness (QED) is 0.443. The number of alkyl halides is 3. The third-order valence-electron chi connectivity index (χ3n) is 3.80. The van der Waals surface area contributed by atoms with Crippen LogP contribution in [0.2, 0.25) is 5.02 Å². The zero-order valence-electron chi connectivity index (χ0n) is 13.7. The van der Waals surface area contributed by atoms with Crippen LogP contribution in [-0.4, -0.2) is 22.5 Å². The van der Waals surface area contributed by atoms with Crippen molar-refractivity contribution in [1.29, 1.82) is 0 Å². The minimum absolute atomic E-state index is 0.000826. The molecule has 5 nitrogen and oxygen atoms in total. The van der Waals surface area contributed by atoms with Gasteiger partial charge in [0.2, 0.25) is 5.75 Å². The first kappa shape index (κ1) is 19.6. The van der Waals surface area contributed by atoms with E-state index in [-0.39, 0.29) is 34.1 Å². The van der Waals surface area contributed by atoms with E-state index in [1.807, 2.05) is 0 Å². The van der Waals surface area contributed by atoms with Crippen molar-refractivity contribution in [1.82, 2.24) is 0 Å². The summed E-state index contributed by atoms with van der Waals surface area (Å²) in [6.07, 6.45) is -3.88. The Morgan fingerprint density at radius 1 is 1.19 bits per heavy atom. The van der Waals surface area contributed by atoms with Gasteiger partial charge in [0.15, 0.2) is 0 Å². The molecule has 1 fully saturated rings. The second kappa shape index (κ2) is 7.85. The molecule has 27 heavy (non-hydrogen) atoms. The van der Waals surface area contributed by atoms with E-state index in [1.165, 1.54) is 18.2 Å². The molecule has 0 N–H and O–H groups in total. The zero-order chi connectivity index (χ0) is 19.6. The van der Waals surface area contributed by atoms with Gasteiger partial charge in [0.25, 0.3) is 0 Å². The Balaban J connectivity index is 1.85. The molecule has 0 aliphatic carbocycles. The van der Waals surface area contributed by atoms with Gasteiger partial charge in [-0.05, 0) is 36.4 Å². The van der Waals surface area contributed by atoms with Gasteiger partial charge in [-0.25, -0.2) is 0 Å². The number of rotatable bonds is 5. The van der Waals surface area contributed by atoms with Crippen molar-refractivity contribution in [2.75, 3.05) is 11.5 Å². The maximum Gasteiger partial charge on any atom is 0.416 e. The lowest BCUT2D eigenvalue weighted by molar-refractivity contribution is -0.386. The van der Waals surface area contributed by atoms with Gasteiger partial charge in [0, 0.05) is 17.9 Å². The summed E-state index contributed by atoms with van der Waals surface area (Å²) >= 11 is 7.57. The summed E-state index contributed by atoms with van der Waals surface area (Å²) in [5, 5.41) is 11.0. The number of thioether (sulfide) groups is 1. The highest BCUT2D eigenvalue weighted by molar-refractivity contribution is 7.99. The van der Waals surface area contributed by atoms with E-state index in [0.717, 1.165) is 36.1 Å². The number of halogens is 4. The van der Waals surface area contributed by atoms with Crippen LogP contribution in [0.25, 0.3) is 0 Å². The average Bonchev–Trinajstić information content (AvgIpc) is 3.08. The summed E-state index contributed by atoms with van der Waals surface area (Å²) in [7, 11) is 0. The van der Waals surface area contributed by atoms with E-state index in [4.69, 9.17) is 21.1 Å². The van der Waals surface area contributed by atoms with E-state index in [2.05, 4.69) is 0 Å². The maximum absolute atomic E-state index is 12.7. The normalized spacial score (nSPS) is 17.0. The number of nitro benzene ring substituents is 1. The second-order valence-electron chi connectivity index (χ2n) is 5.74. The summed E-state index contributed by atoms with van der Waals surface area (Å²) in [5.41, 5.74) is -1.11. The largest absolute Gasteiger partial charge is 0.482 e. The van der Waals surface area contributed by atoms with Crippen molar-refractivity contribution in [2.45, 2.75) is 18.7 Å². The number of nitrogens with zero attached hydrogens (tertiary/aromatic N) is 1. The van der Waals surface area contributed by atoms with Crippen LogP contribution in [-0.2, 0) is 6.18 Å². The molecule has 0 spiro atoms. The molecule has 2 aromatic rings. The molecular formula is C17H13ClF3NO4S. The van der Waals surface area contributed by atoms with E-state index in [0.29, 0.717) is 0 Å². The van der Waals surface area contributed by atoms with Crippen molar-refractivity contribution in [2.24, 2.45) is 0 Å². The van der Waals surface area contributed by atoms with Crippen LogP contribution in [0.3, 0.4) is 0 Å². The predicted molar refractivity (Wildman–Crippen MR) is 96.0 cm³/mol. The SMILES string of the molecule is O=[N+]([O-])c1ccc(Oc2ccc(C(F)(F)F)cc2Cl)cc1OC1CCSC1. The Hall–Kier alpha value is -2.13. The highest BCUT2D eigenvalue weighted by atomic mass is 35.5. The summed E-state index contributed by atoms with van der Waals surface area (Å²) < 4.78 is 49.4. The summed E-state index contributed by atoms with van der Waals surface area (Å²) in [6, 6.07) is 6.61. The molecule has 1 unspecified atom stereocenters. The van der Waals surface area contributed by atoms with Crippen molar-refractivity contribution >= 4 is 29.1 Å². The number of benzene rings is 2. The highest BCUT2D eigenvalue weighted by Crippen LogP contribution is 2.39. The average molecular weight is 420 g/mol. The van der Waals surface area contributed by atoms with Gasteiger partial charge < -0.3 is 9.47 Å². The molecule has 2 aromatic carbocycles. The van der Waals surface area contributed by atoms with E-state index >= 15 is 0 Å². The molecule has 144 valence electrons. The van der Waals surface area contributed by atoms with E-state index < -0.39 is 16.7 Å². The first-order valence-electron chi connectivity index (χ1n) is 7.81. The molecule has 0 bridgehead atoms. The van der Waals surface area contributed by atoms with Crippen LogP contribution in [0.15, 0.2) is 36.4 Å². The smallest absolute Gasteiger partial charge is 0.416 e. The molecule has 0 saturated carbocycles. The number of hydrogen-bond donors (Lipinski definition) is 0. The van der Waals surface area contributed by atoms with Crippen LogP contribution in [0.5, 0.6) is 17.2 Å². The molecule has 0 radical (unpaired) electrons. The number of nitro groups is 1. The van der Waals surface area contributed by atoms with Crippen LogP contribution in [0.4, 0.5) is 18.9 Å². The fraction of sp³-hybridized carbons (Fsp3) is 0.294. The zero-order valence-corrected chi connectivity index (χ0v) is 15.2. The van der Waals surface area contributed by atoms with Crippen LogP contribution in [0, 0.1) is 10.1 Å². The Morgan fingerprint density at radius 3 is 2.56 bits per heavy atom. The lowest BCUT2D eigenvalue weighted by Crippen LogP contribution is -2.15. The van der Waals surface area contributed by atoms with Crippen molar-refractivity contribution in [3.8, 4) is 17.2 Å². The topological polar surface area (TPSA) is 61.6 Å².